The van der Waals surface area contributed by atoms with Crippen molar-refractivity contribution in [1.29, 1.82) is 0 Å². The molecule has 1 aromatic rings. The van der Waals surface area contributed by atoms with Gasteiger partial charge in [-0.15, -0.1) is 0 Å². The molecule has 2 rings (SSSR count). The summed E-state index contributed by atoms with van der Waals surface area (Å²) in [5.41, 5.74) is -0.150. The molecule has 0 saturated carbocycles. The number of nitrogens with one attached hydrogen (secondary N) is 1. The van der Waals surface area contributed by atoms with E-state index in [0.717, 1.165) is 37.8 Å². The maximum absolute atomic E-state index is 13.2. The average Bonchev–Trinajstić information content (AvgIpc) is 2.59. The van der Waals surface area contributed by atoms with Gasteiger partial charge in [0.25, 0.3) is 5.91 Å². The molecule has 0 aromatic heterocycles. The summed E-state index contributed by atoms with van der Waals surface area (Å²) in [6.07, 6.45) is 3.86. The van der Waals surface area contributed by atoms with Crippen LogP contribution in [0.3, 0.4) is 0 Å². The van der Waals surface area contributed by atoms with Crippen LogP contribution in [0.2, 0.25) is 0 Å². The summed E-state index contributed by atoms with van der Waals surface area (Å²) in [6.45, 7) is 3.53. The molecule has 1 aromatic carbocycles. The van der Waals surface area contributed by atoms with E-state index in [1.54, 1.807) is 4.90 Å². The normalized spacial score (nSPS) is 17.2. The predicted molar refractivity (Wildman–Crippen MR) is 89.2 cm³/mol. The van der Waals surface area contributed by atoms with Gasteiger partial charge in [-0.25, -0.2) is 8.78 Å². The van der Waals surface area contributed by atoms with E-state index in [0.29, 0.717) is 25.8 Å². The van der Waals surface area contributed by atoms with Crippen LogP contribution in [-0.2, 0) is 9.53 Å². The van der Waals surface area contributed by atoms with Crippen molar-refractivity contribution in [3.63, 3.8) is 0 Å². The standard InChI is InChI=1S/C18H24F2N2O3/c1-2-6-22(12-16-5-3-4-7-25-16)17(23)11-21-18(24)13-8-14(19)10-15(20)9-13/h8-10,16H,2-7,11-12H2,1H3,(H,21,24). The zero-order valence-corrected chi connectivity index (χ0v) is 14.4. The molecule has 0 radical (unpaired) electrons. The first-order chi connectivity index (χ1) is 12.0. The van der Waals surface area contributed by atoms with E-state index in [1.807, 2.05) is 6.92 Å². The second kappa shape index (κ2) is 9.46. The summed E-state index contributed by atoms with van der Waals surface area (Å²) in [5, 5.41) is 2.43. The number of halogens is 2. The van der Waals surface area contributed by atoms with E-state index in [1.165, 1.54) is 0 Å². The van der Waals surface area contributed by atoms with E-state index in [2.05, 4.69) is 5.32 Å². The molecule has 2 amide bonds. The van der Waals surface area contributed by atoms with Gasteiger partial charge in [-0.2, -0.15) is 0 Å². The molecule has 1 N–H and O–H groups in total. The molecule has 1 aliphatic heterocycles. The molecule has 0 spiro atoms. The summed E-state index contributed by atoms with van der Waals surface area (Å²) in [4.78, 5) is 26.0. The first-order valence-electron chi connectivity index (χ1n) is 8.63. The van der Waals surface area contributed by atoms with Crippen LogP contribution in [0.1, 0.15) is 43.0 Å². The largest absolute Gasteiger partial charge is 0.376 e. The van der Waals surface area contributed by atoms with Crippen molar-refractivity contribution in [3.05, 3.63) is 35.4 Å². The van der Waals surface area contributed by atoms with Gasteiger partial charge in [0, 0.05) is 31.3 Å². The Labute approximate surface area is 146 Å². The molecule has 1 heterocycles. The van der Waals surface area contributed by atoms with Gasteiger partial charge < -0.3 is 15.0 Å². The maximum Gasteiger partial charge on any atom is 0.251 e. The van der Waals surface area contributed by atoms with Gasteiger partial charge in [-0.05, 0) is 37.8 Å². The molecule has 1 fully saturated rings. The third kappa shape index (κ3) is 6.08. The summed E-state index contributed by atoms with van der Waals surface area (Å²) < 4.78 is 32.0. The number of amides is 2. The highest BCUT2D eigenvalue weighted by atomic mass is 19.1. The number of ether oxygens (including phenoxy) is 1. The van der Waals surface area contributed by atoms with Gasteiger partial charge in [-0.3, -0.25) is 9.59 Å². The topological polar surface area (TPSA) is 58.6 Å². The molecule has 1 unspecified atom stereocenters. The Hall–Kier alpha value is -2.02. The molecule has 1 atom stereocenters. The smallest absolute Gasteiger partial charge is 0.251 e. The Morgan fingerprint density at radius 2 is 1.96 bits per heavy atom. The number of benzene rings is 1. The number of hydrogen-bond donors (Lipinski definition) is 1. The molecule has 0 bridgehead atoms. The number of carbonyl (C=O) groups is 2. The van der Waals surface area contributed by atoms with E-state index in [4.69, 9.17) is 4.74 Å². The molecular weight excluding hydrogens is 330 g/mol. The number of carbonyl (C=O) groups excluding carboxylic acids is 2. The van der Waals surface area contributed by atoms with E-state index < -0.39 is 17.5 Å². The van der Waals surface area contributed by atoms with Crippen molar-refractivity contribution >= 4 is 11.8 Å². The Bertz CT molecular complexity index is 584. The van der Waals surface area contributed by atoms with Crippen molar-refractivity contribution in [2.75, 3.05) is 26.2 Å². The number of rotatable bonds is 7. The fourth-order valence-electron chi connectivity index (χ4n) is 2.84. The van der Waals surface area contributed by atoms with Gasteiger partial charge in [0.15, 0.2) is 0 Å². The average molecular weight is 354 g/mol. The lowest BCUT2D eigenvalue weighted by molar-refractivity contribution is -0.132. The lowest BCUT2D eigenvalue weighted by Crippen LogP contribution is -2.45. The first kappa shape index (κ1) is 19.3. The summed E-state index contributed by atoms with van der Waals surface area (Å²) in [6, 6.07) is 2.56. The van der Waals surface area contributed by atoms with Crippen LogP contribution in [0.4, 0.5) is 8.78 Å². The predicted octanol–water partition coefficient (Wildman–Crippen LogP) is 2.50. The Balaban J connectivity index is 1.89. The van der Waals surface area contributed by atoms with E-state index in [-0.39, 0.29) is 24.1 Å². The monoisotopic (exact) mass is 354 g/mol. The van der Waals surface area contributed by atoms with Crippen LogP contribution >= 0.6 is 0 Å². The second-order valence-corrected chi connectivity index (χ2v) is 6.17. The van der Waals surface area contributed by atoms with Crippen LogP contribution in [-0.4, -0.2) is 49.1 Å². The maximum atomic E-state index is 13.2. The fraction of sp³-hybridized carbons (Fsp3) is 0.556. The van der Waals surface area contributed by atoms with Gasteiger partial charge >= 0.3 is 0 Å². The third-order valence-electron chi connectivity index (χ3n) is 4.07. The minimum Gasteiger partial charge on any atom is -0.376 e. The van der Waals surface area contributed by atoms with Crippen LogP contribution < -0.4 is 5.32 Å². The Kier molecular flexibility index (Phi) is 7.31. The van der Waals surface area contributed by atoms with Crippen LogP contribution in [0.15, 0.2) is 18.2 Å². The minimum atomic E-state index is -0.835. The summed E-state index contributed by atoms with van der Waals surface area (Å²) in [5.74, 6) is -2.59. The van der Waals surface area contributed by atoms with Crippen molar-refractivity contribution in [1.82, 2.24) is 10.2 Å². The zero-order valence-electron chi connectivity index (χ0n) is 14.4. The van der Waals surface area contributed by atoms with Crippen molar-refractivity contribution in [2.45, 2.75) is 38.7 Å². The van der Waals surface area contributed by atoms with Crippen LogP contribution in [0, 0.1) is 11.6 Å². The fourth-order valence-corrected chi connectivity index (χ4v) is 2.84. The quantitative estimate of drug-likeness (QED) is 0.818. The molecule has 25 heavy (non-hydrogen) atoms. The molecule has 7 heteroatoms. The Morgan fingerprint density at radius 1 is 1.24 bits per heavy atom. The van der Waals surface area contributed by atoms with E-state index >= 15 is 0 Å². The van der Waals surface area contributed by atoms with Gasteiger partial charge in [-0.1, -0.05) is 6.92 Å². The lowest BCUT2D eigenvalue weighted by Gasteiger charge is -2.30. The van der Waals surface area contributed by atoms with Crippen LogP contribution in [0.25, 0.3) is 0 Å². The third-order valence-corrected chi connectivity index (χ3v) is 4.07. The van der Waals surface area contributed by atoms with Crippen molar-refractivity contribution in [3.8, 4) is 0 Å². The van der Waals surface area contributed by atoms with Gasteiger partial charge in [0.2, 0.25) is 5.91 Å². The minimum absolute atomic E-state index is 0.0252. The molecule has 0 aliphatic carbocycles. The van der Waals surface area contributed by atoms with Crippen molar-refractivity contribution in [2.24, 2.45) is 0 Å². The molecule has 1 aliphatic rings. The first-order valence-corrected chi connectivity index (χ1v) is 8.63. The van der Waals surface area contributed by atoms with Crippen LogP contribution in [0.5, 0.6) is 0 Å². The zero-order chi connectivity index (χ0) is 18.2. The van der Waals surface area contributed by atoms with Gasteiger partial charge in [0.1, 0.15) is 11.6 Å². The summed E-state index contributed by atoms with van der Waals surface area (Å²) in [7, 11) is 0. The highest BCUT2D eigenvalue weighted by Gasteiger charge is 2.21. The lowest BCUT2D eigenvalue weighted by atomic mass is 10.1. The Morgan fingerprint density at radius 3 is 2.56 bits per heavy atom. The van der Waals surface area contributed by atoms with Crippen molar-refractivity contribution < 1.29 is 23.1 Å². The van der Waals surface area contributed by atoms with E-state index in [9.17, 15) is 18.4 Å². The molecule has 138 valence electrons. The highest BCUT2D eigenvalue weighted by molar-refractivity contribution is 5.96. The number of hydrogen-bond acceptors (Lipinski definition) is 3. The van der Waals surface area contributed by atoms with Gasteiger partial charge in [0.05, 0.1) is 12.6 Å². The highest BCUT2D eigenvalue weighted by Crippen LogP contribution is 2.14. The SMILES string of the molecule is CCCN(CC1CCCCO1)C(=O)CNC(=O)c1cc(F)cc(F)c1. The molecule has 1 saturated heterocycles. The number of nitrogens with zero attached hydrogens (tertiary/aromatic N) is 1. The molecular formula is C18H24F2N2O3. The summed E-state index contributed by atoms with van der Waals surface area (Å²) >= 11 is 0. The second-order valence-electron chi connectivity index (χ2n) is 6.17. The molecule has 5 nitrogen and oxygen atoms in total.